The number of benzene rings is 1. The maximum atomic E-state index is 14.2. The van der Waals surface area contributed by atoms with Crippen LogP contribution in [-0.4, -0.2) is 54.1 Å². The quantitative estimate of drug-likeness (QED) is 0.859. The predicted octanol–water partition coefficient (Wildman–Crippen LogP) is 3.04. The number of hydrogen-bond donors (Lipinski definition) is 1. The maximum absolute atomic E-state index is 14.2. The average molecular weight is 390 g/mol. The van der Waals surface area contributed by atoms with E-state index in [1.165, 1.54) is 18.9 Å². The van der Waals surface area contributed by atoms with Crippen LogP contribution in [0.4, 0.5) is 8.78 Å². The summed E-state index contributed by atoms with van der Waals surface area (Å²) in [5.41, 5.74) is 7.39. The predicted molar refractivity (Wildman–Crippen MR) is 105 cm³/mol. The van der Waals surface area contributed by atoms with E-state index in [4.69, 9.17) is 15.5 Å². The Labute approximate surface area is 164 Å². The van der Waals surface area contributed by atoms with Crippen molar-refractivity contribution in [2.75, 3.05) is 26.4 Å². The standard InChI is InChI=1S/C21H28F2N4O/c1-3-26-12-27(10-13(2)25-21(26)14-4-5-14)16-9-19(24)20(28-11-16)17-8-15(22)6-7-18(17)23/h6-8,14,16,19-20H,2-5,9-12,24H2,1H3/t16?,19?,20-/m1/s1. The Kier molecular flexibility index (Phi) is 5.49. The molecule has 5 nitrogen and oxygen atoms in total. The minimum atomic E-state index is -0.636. The molecule has 2 fully saturated rings. The zero-order chi connectivity index (χ0) is 19.8. The molecule has 0 radical (unpaired) electrons. The highest BCUT2D eigenvalue weighted by molar-refractivity contribution is 5.87. The number of ether oxygens (including phenoxy) is 1. The monoisotopic (exact) mass is 390 g/mol. The minimum absolute atomic E-state index is 0.0856. The summed E-state index contributed by atoms with van der Waals surface area (Å²) < 4.78 is 33.7. The number of aliphatic imine (C=N–C) groups is 1. The first-order valence-corrected chi connectivity index (χ1v) is 10.0. The lowest BCUT2D eigenvalue weighted by Crippen LogP contribution is -2.52. The van der Waals surface area contributed by atoms with Crippen molar-refractivity contribution in [2.45, 2.75) is 44.4 Å². The fourth-order valence-corrected chi connectivity index (χ4v) is 4.19. The number of nitrogens with two attached hydrogens (primary N) is 1. The van der Waals surface area contributed by atoms with Crippen molar-refractivity contribution >= 4 is 5.84 Å². The van der Waals surface area contributed by atoms with Crippen LogP contribution < -0.4 is 5.73 Å². The molecule has 2 unspecified atom stereocenters. The highest BCUT2D eigenvalue weighted by Crippen LogP contribution is 2.35. The van der Waals surface area contributed by atoms with Gasteiger partial charge in [-0.15, -0.1) is 0 Å². The van der Waals surface area contributed by atoms with Gasteiger partial charge in [-0.05, 0) is 44.4 Å². The first kappa shape index (κ1) is 19.5. The van der Waals surface area contributed by atoms with Crippen LogP contribution in [0, 0.1) is 17.6 Å². The summed E-state index contributed by atoms with van der Waals surface area (Å²) in [6.45, 7) is 8.98. The smallest absolute Gasteiger partial charge is 0.129 e. The summed E-state index contributed by atoms with van der Waals surface area (Å²) in [7, 11) is 0. The number of amidine groups is 1. The Morgan fingerprint density at radius 1 is 1.32 bits per heavy atom. The van der Waals surface area contributed by atoms with E-state index in [9.17, 15) is 8.78 Å². The molecule has 7 heteroatoms. The van der Waals surface area contributed by atoms with Crippen molar-refractivity contribution in [2.24, 2.45) is 16.6 Å². The molecule has 152 valence electrons. The lowest BCUT2D eigenvalue weighted by Gasteiger charge is -2.41. The number of rotatable bonds is 4. The fourth-order valence-electron chi connectivity index (χ4n) is 4.19. The van der Waals surface area contributed by atoms with Crippen LogP contribution in [0.3, 0.4) is 0 Å². The first-order chi connectivity index (χ1) is 13.5. The molecule has 0 aromatic heterocycles. The molecule has 4 rings (SSSR count). The lowest BCUT2D eigenvalue weighted by atomic mass is 9.93. The van der Waals surface area contributed by atoms with Gasteiger partial charge in [0.2, 0.25) is 0 Å². The minimum Gasteiger partial charge on any atom is -0.370 e. The van der Waals surface area contributed by atoms with E-state index >= 15 is 0 Å². The van der Waals surface area contributed by atoms with Gasteiger partial charge in [0.05, 0.1) is 13.3 Å². The second-order valence-electron chi connectivity index (χ2n) is 8.03. The molecule has 0 amide bonds. The van der Waals surface area contributed by atoms with Gasteiger partial charge >= 0.3 is 0 Å². The van der Waals surface area contributed by atoms with E-state index in [1.54, 1.807) is 0 Å². The molecule has 1 aromatic carbocycles. The molecule has 1 aliphatic carbocycles. The average Bonchev–Trinajstić information content (AvgIpc) is 3.51. The summed E-state index contributed by atoms with van der Waals surface area (Å²) in [6.07, 6.45) is 2.40. The van der Waals surface area contributed by atoms with Gasteiger partial charge in [-0.3, -0.25) is 4.90 Å². The Morgan fingerprint density at radius 2 is 2.11 bits per heavy atom. The van der Waals surface area contributed by atoms with E-state index in [0.717, 1.165) is 36.9 Å². The van der Waals surface area contributed by atoms with Gasteiger partial charge < -0.3 is 15.4 Å². The molecule has 2 N–H and O–H groups in total. The second kappa shape index (κ2) is 7.89. The highest BCUT2D eigenvalue weighted by atomic mass is 19.1. The maximum Gasteiger partial charge on any atom is 0.129 e. The van der Waals surface area contributed by atoms with Crippen molar-refractivity contribution in [1.82, 2.24) is 9.80 Å². The molecular formula is C21H28F2N4O. The molecule has 28 heavy (non-hydrogen) atoms. The van der Waals surface area contributed by atoms with Crippen LogP contribution in [0.25, 0.3) is 0 Å². The van der Waals surface area contributed by atoms with E-state index < -0.39 is 23.8 Å². The van der Waals surface area contributed by atoms with Crippen LogP contribution in [0.1, 0.15) is 37.9 Å². The summed E-state index contributed by atoms with van der Waals surface area (Å²) in [5, 5.41) is 0. The van der Waals surface area contributed by atoms with Gasteiger partial charge in [0, 0.05) is 42.4 Å². The Balaban J connectivity index is 1.46. The van der Waals surface area contributed by atoms with Crippen LogP contribution in [0.5, 0.6) is 0 Å². The van der Waals surface area contributed by atoms with Crippen molar-refractivity contribution in [3.05, 3.63) is 47.7 Å². The van der Waals surface area contributed by atoms with Crippen molar-refractivity contribution in [3.8, 4) is 0 Å². The van der Waals surface area contributed by atoms with Crippen molar-refractivity contribution in [3.63, 3.8) is 0 Å². The molecule has 0 bridgehead atoms. The van der Waals surface area contributed by atoms with E-state index in [0.29, 0.717) is 25.5 Å². The first-order valence-electron chi connectivity index (χ1n) is 10.0. The molecule has 1 saturated heterocycles. The third-order valence-electron chi connectivity index (χ3n) is 5.84. The molecule has 3 aliphatic rings. The molecule has 1 aromatic rings. The zero-order valence-electron chi connectivity index (χ0n) is 16.3. The van der Waals surface area contributed by atoms with E-state index in [-0.39, 0.29) is 11.6 Å². The van der Waals surface area contributed by atoms with Crippen LogP contribution in [0.15, 0.2) is 35.5 Å². The number of hydrogen-bond acceptors (Lipinski definition) is 5. The Morgan fingerprint density at radius 3 is 2.79 bits per heavy atom. The highest BCUT2D eigenvalue weighted by Gasteiger charge is 2.38. The van der Waals surface area contributed by atoms with Crippen LogP contribution in [-0.2, 0) is 4.74 Å². The SMILES string of the molecule is C=C1CN(C2CO[C@H](c3cc(F)ccc3F)C(N)C2)CN(CC)C(C2CC2)=N1. The van der Waals surface area contributed by atoms with Gasteiger partial charge in [-0.2, -0.15) is 0 Å². The summed E-state index contributed by atoms with van der Waals surface area (Å²) in [5.74, 6) is 0.738. The molecule has 0 spiro atoms. The summed E-state index contributed by atoms with van der Waals surface area (Å²) in [6, 6.07) is 3.09. The number of nitrogens with zero attached hydrogens (tertiary/aromatic N) is 3. The van der Waals surface area contributed by atoms with Gasteiger partial charge in [0.1, 0.15) is 23.6 Å². The summed E-state index contributed by atoms with van der Waals surface area (Å²) >= 11 is 0. The normalized spacial score (nSPS) is 29.6. The van der Waals surface area contributed by atoms with Crippen LogP contribution in [0.2, 0.25) is 0 Å². The van der Waals surface area contributed by atoms with Gasteiger partial charge in [0.25, 0.3) is 0 Å². The van der Waals surface area contributed by atoms with Gasteiger partial charge in [-0.1, -0.05) is 6.58 Å². The summed E-state index contributed by atoms with van der Waals surface area (Å²) in [4.78, 5) is 9.38. The van der Waals surface area contributed by atoms with Crippen molar-refractivity contribution < 1.29 is 13.5 Å². The van der Waals surface area contributed by atoms with E-state index in [1.807, 2.05) is 0 Å². The number of halogens is 2. The third-order valence-corrected chi connectivity index (χ3v) is 5.84. The Bertz CT molecular complexity index is 780. The Hall–Kier alpha value is -1.83. The van der Waals surface area contributed by atoms with Crippen LogP contribution >= 0.6 is 0 Å². The lowest BCUT2D eigenvalue weighted by molar-refractivity contribution is -0.0555. The van der Waals surface area contributed by atoms with Crippen molar-refractivity contribution in [1.29, 1.82) is 0 Å². The van der Waals surface area contributed by atoms with E-state index in [2.05, 4.69) is 23.3 Å². The zero-order valence-corrected chi connectivity index (χ0v) is 16.3. The largest absolute Gasteiger partial charge is 0.370 e. The van der Waals surface area contributed by atoms with Gasteiger partial charge in [0.15, 0.2) is 0 Å². The molecular weight excluding hydrogens is 362 g/mol. The third kappa shape index (κ3) is 3.97. The molecule has 3 atom stereocenters. The topological polar surface area (TPSA) is 54.1 Å². The van der Waals surface area contributed by atoms with Gasteiger partial charge in [-0.25, -0.2) is 13.8 Å². The molecule has 1 saturated carbocycles. The molecule has 2 heterocycles. The fraction of sp³-hybridized carbons (Fsp3) is 0.571. The molecule has 2 aliphatic heterocycles. The second-order valence-corrected chi connectivity index (χ2v) is 8.03.